The topological polar surface area (TPSA) is 201 Å². The number of hydrogen-bond donors (Lipinski definition) is 5. The summed E-state index contributed by atoms with van der Waals surface area (Å²) in [6, 6.07) is 17.3. The molecule has 4 aromatic carbocycles. The van der Waals surface area contributed by atoms with E-state index in [-0.39, 0.29) is 62.5 Å². The summed E-state index contributed by atoms with van der Waals surface area (Å²) >= 11 is 1.55. The van der Waals surface area contributed by atoms with Gasteiger partial charge in [0, 0.05) is 50.9 Å². The molecule has 6 aromatic rings. The number of β-amino-alcohol motifs (C(OH)–C–C–N with tert-alkyl or cyclic N) is 1. The average molecular weight is 1020 g/mol. The minimum Gasteiger partial charge on any atom is -0.491 e. The number of aliphatic hydroxyl groups is 1. The predicted octanol–water partition coefficient (Wildman–Crippen LogP) is 6.96. The van der Waals surface area contributed by atoms with Crippen molar-refractivity contribution in [3.05, 3.63) is 147 Å². The van der Waals surface area contributed by atoms with Crippen LogP contribution in [0.15, 0.2) is 90.7 Å². The van der Waals surface area contributed by atoms with E-state index < -0.39 is 70.8 Å². The Bertz CT molecular complexity index is 3160. The number of nitrogens with one attached hydrogen (secondary N) is 4. The minimum absolute atomic E-state index is 0.00965. The van der Waals surface area contributed by atoms with E-state index >= 15 is 4.39 Å². The van der Waals surface area contributed by atoms with Gasteiger partial charge in [0.25, 0.3) is 5.91 Å². The third-order valence-electron chi connectivity index (χ3n) is 13.6. The zero-order valence-electron chi connectivity index (χ0n) is 41.8. The molecule has 382 valence electrons. The lowest BCUT2D eigenvalue weighted by Crippen LogP contribution is -2.58. The highest BCUT2D eigenvalue weighted by atomic mass is 32.1. The first-order valence-corrected chi connectivity index (χ1v) is 25.1. The highest BCUT2D eigenvalue weighted by Gasteiger charge is 2.45. The average Bonchev–Trinajstić information content (AvgIpc) is 4.06. The first-order valence-electron chi connectivity index (χ1n) is 24.2. The van der Waals surface area contributed by atoms with Crippen molar-refractivity contribution >= 4 is 40.7 Å². The summed E-state index contributed by atoms with van der Waals surface area (Å²) in [5, 5.41) is 27.5. The summed E-state index contributed by atoms with van der Waals surface area (Å²) in [5.41, 5.74) is 7.21. The van der Waals surface area contributed by atoms with E-state index in [4.69, 9.17) is 10.1 Å². The van der Waals surface area contributed by atoms with Crippen LogP contribution in [0, 0.1) is 42.2 Å². The predicted molar refractivity (Wildman–Crippen MR) is 272 cm³/mol. The second kappa shape index (κ2) is 21.4. The van der Waals surface area contributed by atoms with Crippen molar-refractivity contribution in [3.63, 3.8) is 0 Å². The number of ether oxygens (including phenoxy) is 1. The Balaban J connectivity index is 0.891. The lowest BCUT2D eigenvalue weighted by Gasteiger charge is -2.35. The number of aliphatic hydroxyl groups excluding tert-OH is 1. The number of benzene rings is 4. The van der Waals surface area contributed by atoms with Crippen LogP contribution in [0.5, 0.6) is 5.75 Å². The molecule has 0 bridgehead atoms. The molecule has 0 radical (unpaired) electrons. The zero-order chi connectivity index (χ0) is 52.5. The number of fused-ring (bicyclic) bond motifs is 1. The largest absolute Gasteiger partial charge is 0.491 e. The smallest absolute Gasteiger partial charge is 0.254 e. The van der Waals surface area contributed by atoms with Gasteiger partial charge in [0.15, 0.2) is 5.78 Å². The Hall–Kier alpha value is -7.31. The fourth-order valence-corrected chi connectivity index (χ4v) is 10.3. The van der Waals surface area contributed by atoms with Crippen LogP contribution in [0.1, 0.15) is 95.2 Å². The Morgan fingerprint density at radius 3 is 2.36 bits per heavy atom. The van der Waals surface area contributed by atoms with E-state index in [1.165, 1.54) is 29.2 Å². The van der Waals surface area contributed by atoms with Gasteiger partial charge in [0.2, 0.25) is 23.3 Å². The van der Waals surface area contributed by atoms with Gasteiger partial charge in [-0.1, -0.05) is 57.2 Å². The minimum atomic E-state index is -1.10. The molecule has 2 aliphatic rings. The fraction of sp³-hybridized carbons (Fsp3) is 0.364. The van der Waals surface area contributed by atoms with Crippen molar-refractivity contribution in [2.45, 2.75) is 91.6 Å². The molecule has 0 spiro atoms. The van der Waals surface area contributed by atoms with Crippen molar-refractivity contribution in [1.29, 1.82) is 5.41 Å². The first-order chi connectivity index (χ1) is 34.7. The van der Waals surface area contributed by atoms with E-state index in [1.54, 1.807) is 85.3 Å². The van der Waals surface area contributed by atoms with Gasteiger partial charge in [-0.3, -0.25) is 29.4 Å². The monoisotopic (exact) mass is 1010 g/mol. The van der Waals surface area contributed by atoms with Crippen LogP contribution in [0.3, 0.4) is 0 Å². The summed E-state index contributed by atoms with van der Waals surface area (Å²) in [7, 11) is 1.76. The standard InChI is InChI=1S/C55H60F2N8O7S/c1-30-20-38(56)13-14-40(30)41-23-34(26-64-19-18-63(7)54(64)58)24-43-47(68)37(28-72-48(41)43)21-33-8-15-44(57)42(22-33)51(69)59-17-16-46(67)62-50(55(4,5)6)53(71)65-27-39(66)25-45(65)52(70)61-31(2)35-9-11-36(12-10-35)49-32(3)60-29-73-49/h8-15,18-20,22-24,29,31,37,39,45,50,58,66H,16-17,21,25-28H2,1-7H3,(H,59,69)(H,61,70)(H,62,67)/t31-,37-,39+,45-,50+/m0/s1. The molecule has 2 aromatic heterocycles. The normalized spacial score (nSPS) is 17.4. The number of amides is 4. The molecule has 1 fully saturated rings. The van der Waals surface area contributed by atoms with E-state index in [0.717, 1.165) is 33.3 Å². The van der Waals surface area contributed by atoms with Gasteiger partial charge in [-0.05, 0) is 102 Å². The molecular formula is C55H60F2N8O7S. The maximum Gasteiger partial charge on any atom is 0.254 e. The van der Waals surface area contributed by atoms with Crippen LogP contribution in [0.2, 0.25) is 0 Å². The molecule has 4 heterocycles. The third kappa shape index (κ3) is 11.5. The second-order valence-corrected chi connectivity index (χ2v) is 21.0. The number of halogens is 2. The number of hydrogen-bond acceptors (Lipinski definition) is 10. The number of imidazole rings is 1. The molecule has 1 saturated heterocycles. The number of ketones is 1. The van der Waals surface area contributed by atoms with Crippen molar-refractivity contribution < 1.29 is 42.6 Å². The summed E-state index contributed by atoms with van der Waals surface area (Å²) in [5.74, 6) is -4.12. The summed E-state index contributed by atoms with van der Waals surface area (Å²) in [4.78, 5) is 75.9. The molecule has 2 aliphatic heterocycles. The van der Waals surface area contributed by atoms with Crippen molar-refractivity contribution in [1.82, 2.24) is 35.0 Å². The lowest BCUT2D eigenvalue weighted by molar-refractivity contribution is -0.144. The first kappa shape index (κ1) is 52.0. The number of nitrogens with zero attached hydrogens (tertiary/aromatic N) is 4. The highest BCUT2D eigenvalue weighted by molar-refractivity contribution is 7.13. The fourth-order valence-electron chi connectivity index (χ4n) is 9.52. The van der Waals surface area contributed by atoms with Gasteiger partial charge in [0.1, 0.15) is 29.5 Å². The second-order valence-electron chi connectivity index (χ2n) is 20.1. The molecule has 0 unspecified atom stereocenters. The SMILES string of the molecule is Cc1cc(F)ccc1-c1cc(Cn2ccn(C)c2=N)cc2c1OC[C@H](Cc1ccc(F)c(C(=O)NCCC(=O)N[C@H](C(=O)N3C[C@H](O)C[C@H]3C(=O)N[C@@H](C)c3ccc(-c4scnc4C)cc3)C(C)(C)C)c1)C2=O. The molecule has 18 heteroatoms. The number of aryl methyl sites for hydroxylation is 3. The number of thiazole rings is 1. The molecule has 0 saturated carbocycles. The number of rotatable bonds is 15. The Labute approximate surface area is 426 Å². The van der Waals surface area contributed by atoms with Crippen LogP contribution in [0.25, 0.3) is 21.6 Å². The molecule has 0 aliphatic carbocycles. The number of Topliss-reactive ketones (excluding diaryl/α,β-unsaturated/α-hetero) is 1. The van der Waals surface area contributed by atoms with Gasteiger partial charge < -0.3 is 39.8 Å². The molecular weight excluding hydrogens is 955 g/mol. The quantitative estimate of drug-likeness (QED) is 0.0727. The van der Waals surface area contributed by atoms with Crippen molar-refractivity contribution in [2.75, 3.05) is 19.7 Å². The van der Waals surface area contributed by atoms with Crippen LogP contribution in [0.4, 0.5) is 8.78 Å². The van der Waals surface area contributed by atoms with E-state index in [2.05, 4.69) is 20.9 Å². The van der Waals surface area contributed by atoms with Gasteiger partial charge in [-0.2, -0.15) is 0 Å². The van der Waals surface area contributed by atoms with Crippen LogP contribution in [-0.4, -0.2) is 91.4 Å². The number of carbonyl (C=O) groups is 5. The van der Waals surface area contributed by atoms with Crippen molar-refractivity contribution in [2.24, 2.45) is 18.4 Å². The number of aromatic nitrogens is 3. The molecule has 15 nitrogen and oxygen atoms in total. The molecule has 5 N–H and O–H groups in total. The number of likely N-dealkylation sites (tertiary alicyclic amines) is 1. The Kier molecular flexibility index (Phi) is 15.3. The molecule has 8 rings (SSSR count). The lowest BCUT2D eigenvalue weighted by atomic mass is 9.85. The third-order valence-corrected chi connectivity index (χ3v) is 14.6. The van der Waals surface area contributed by atoms with Crippen LogP contribution < -0.4 is 26.3 Å². The molecule has 5 atom stereocenters. The van der Waals surface area contributed by atoms with Gasteiger partial charge in [-0.15, -0.1) is 11.3 Å². The molecule has 73 heavy (non-hydrogen) atoms. The van der Waals surface area contributed by atoms with Gasteiger partial charge >= 0.3 is 0 Å². The molecule has 4 amide bonds. The van der Waals surface area contributed by atoms with Crippen molar-refractivity contribution in [3.8, 4) is 27.3 Å². The summed E-state index contributed by atoms with van der Waals surface area (Å²) in [6.07, 6.45) is 2.43. The zero-order valence-corrected chi connectivity index (χ0v) is 42.7. The van der Waals surface area contributed by atoms with E-state index in [9.17, 15) is 33.5 Å². The number of carbonyl (C=O) groups excluding carboxylic acids is 5. The highest BCUT2D eigenvalue weighted by Crippen LogP contribution is 2.41. The van der Waals surface area contributed by atoms with Gasteiger partial charge in [0.05, 0.1) is 58.4 Å². The van der Waals surface area contributed by atoms with E-state index in [0.29, 0.717) is 33.6 Å². The van der Waals surface area contributed by atoms with E-state index in [1.807, 2.05) is 44.2 Å². The summed E-state index contributed by atoms with van der Waals surface area (Å²) in [6.45, 7) is 10.8. The van der Waals surface area contributed by atoms with Crippen LogP contribution in [-0.2, 0) is 34.4 Å². The summed E-state index contributed by atoms with van der Waals surface area (Å²) < 4.78 is 39.2. The van der Waals surface area contributed by atoms with Crippen LogP contribution >= 0.6 is 11.3 Å². The maximum atomic E-state index is 15.3. The Morgan fingerprint density at radius 1 is 0.945 bits per heavy atom. The maximum absolute atomic E-state index is 15.3. The van der Waals surface area contributed by atoms with Gasteiger partial charge in [-0.25, -0.2) is 13.8 Å². The Morgan fingerprint density at radius 2 is 1.68 bits per heavy atom.